The molecule has 0 fully saturated rings. The summed E-state index contributed by atoms with van der Waals surface area (Å²) in [5, 5.41) is 7.64. The Balaban J connectivity index is 2.10. The minimum absolute atomic E-state index is 0.0669. The molecule has 1 aromatic heterocycles. The second kappa shape index (κ2) is 5.67. The lowest BCUT2D eigenvalue weighted by Crippen LogP contribution is -2.10. The Bertz CT molecular complexity index is 619. The lowest BCUT2D eigenvalue weighted by molar-refractivity contribution is 0.305. The Kier molecular flexibility index (Phi) is 3.97. The van der Waals surface area contributed by atoms with Crippen molar-refractivity contribution in [1.29, 1.82) is 5.41 Å². The van der Waals surface area contributed by atoms with Crippen LogP contribution < -0.4 is 10.5 Å². The molecule has 2 rings (SSSR count). The molecular formula is C13H11ClFN3O. The van der Waals surface area contributed by atoms with E-state index in [1.807, 2.05) is 0 Å². The predicted octanol–water partition coefficient (Wildman–Crippen LogP) is 2.74. The molecule has 0 radical (unpaired) electrons. The van der Waals surface area contributed by atoms with Gasteiger partial charge in [-0.2, -0.15) is 0 Å². The van der Waals surface area contributed by atoms with E-state index in [0.29, 0.717) is 21.9 Å². The van der Waals surface area contributed by atoms with E-state index in [1.54, 1.807) is 18.2 Å². The number of hydrogen-bond donors (Lipinski definition) is 2. The second-order valence-electron chi connectivity index (χ2n) is 3.86. The fourth-order valence-corrected chi connectivity index (χ4v) is 1.72. The summed E-state index contributed by atoms with van der Waals surface area (Å²) in [6.07, 6.45) is 2.64. The first-order valence-electron chi connectivity index (χ1n) is 5.42. The monoisotopic (exact) mass is 279 g/mol. The van der Waals surface area contributed by atoms with Crippen LogP contribution in [0.2, 0.25) is 5.02 Å². The molecule has 0 aliphatic carbocycles. The van der Waals surface area contributed by atoms with Crippen LogP contribution in [0, 0.1) is 11.2 Å². The van der Waals surface area contributed by atoms with Gasteiger partial charge in [0.25, 0.3) is 0 Å². The maximum absolute atomic E-state index is 12.9. The van der Waals surface area contributed by atoms with Crippen molar-refractivity contribution in [3.05, 3.63) is 58.6 Å². The predicted molar refractivity (Wildman–Crippen MR) is 71.0 cm³/mol. The van der Waals surface area contributed by atoms with Gasteiger partial charge in [0.15, 0.2) is 0 Å². The van der Waals surface area contributed by atoms with Gasteiger partial charge in [0.05, 0.1) is 11.2 Å². The van der Waals surface area contributed by atoms with Crippen LogP contribution in [-0.2, 0) is 6.61 Å². The molecule has 0 spiro atoms. The van der Waals surface area contributed by atoms with E-state index < -0.39 is 5.82 Å². The molecule has 6 heteroatoms. The maximum atomic E-state index is 12.9. The quantitative estimate of drug-likeness (QED) is 0.668. The number of benzene rings is 1. The molecule has 19 heavy (non-hydrogen) atoms. The molecule has 1 heterocycles. The third-order valence-corrected chi connectivity index (χ3v) is 2.69. The van der Waals surface area contributed by atoms with Crippen LogP contribution >= 0.6 is 11.6 Å². The fourth-order valence-electron chi connectivity index (χ4n) is 1.48. The lowest BCUT2D eigenvalue weighted by atomic mass is 10.2. The highest BCUT2D eigenvalue weighted by Gasteiger charge is 2.05. The van der Waals surface area contributed by atoms with Crippen molar-refractivity contribution in [3.63, 3.8) is 0 Å². The Labute approximate surface area is 114 Å². The number of ether oxygens (including phenoxy) is 1. The Morgan fingerprint density at radius 1 is 1.37 bits per heavy atom. The van der Waals surface area contributed by atoms with Crippen LogP contribution in [0.5, 0.6) is 5.75 Å². The van der Waals surface area contributed by atoms with Crippen LogP contribution in [0.4, 0.5) is 4.39 Å². The van der Waals surface area contributed by atoms with Gasteiger partial charge < -0.3 is 10.5 Å². The Hall–Kier alpha value is -2.14. The number of aromatic nitrogens is 1. The highest BCUT2D eigenvalue weighted by atomic mass is 35.5. The van der Waals surface area contributed by atoms with E-state index in [4.69, 9.17) is 27.5 Å². The zero-order valence-electron chi connectivity index (χ0n) is 9.86. The van der Waals surface area contributed by atoms with Gasteiger partial charge in [-0.3, -0.25) is 10.4 Å². The van der Waals surface area contributed by atoms with Crippen molar-refractivity contribution in [2.24, 2.45) is 5.73 Å². The average molecular weight is 280 g/mol. The molecule has 1 aromatic carbocycles. The third kappa shape index (κ3) is 3.42. The van der Waals surface area contributed by atoms with Crippen LogP contribution in [0.15, 0.2) is 36.7 Å². The summed E-state index contributed by atoms with van der Waals surface area (Å²) in [7, 11) is 0. The van der Waals surface area contributed by atoms with Crippen molar-refractivity contribution >= 4 is 17.4 Å². The van der Waals surface area contributed by atoms with E-state index in [1.165, 1.54) is 12.3 Å². The number of pyridine rings is 1. The number of hydrogen-bond acceptors (Lipinski definition) is 3. The molecule has 0 saturated heterocycles. The van der Waals surface area contributed by atoms with Crippen molar-refractivity contribution in [3.8, 4) is 5.75 Å². The van der Waals surface area contributed by atoms with Crippen LogP contribution in [0.25, 0.3) is 0 Å². The first-order chi connectivity index (χ1) is 9.06. The molecule has 3 N–H and O–H groups in total. The lowest BCUT2D eigenvalue weighted by Gasteiger charge is -2.09. The number of nitrogens with zero attached hydrogens (tertiary/aromatic N) is 1. The molecule has 0 bridgehead atoms. The summed E-state index contributed by atoms with van der Waals surface area (Å²) in [5.41, 5.74) is 6.47. The van der Waals surface area contributed by atoms with Gasteiger partial charge in [0.1, 0.15) is 24.0 Å². The van der Waals surface area contributed by atoms with Crippen molar-refractivity contribution < 1.29 is 9.13 Å². The van der Waals surface area contributed by atoms with Crippen molar-refractivity contribution in [2.75, 3.05) is 0 Å². The van der Waals surface area contributed by atoms with Crippen molar-refractivity contribution in [2.45, 2.75) is 6.61 Å². The molecule has 0 amide bonds. The number of amidine groups is 1. The second-order valence-corrected chi connectivity index (χ2v) is 4.27. The fraction of sp³-hybridized carbons (Fsp3) is 0.0769. The minimum atomic E-state index is -0.417. The molecular weight excluding hydrogens is 269 g/mol. The minimum Gasteiger partial charge on any atom is -0.487 e. The Morgan fingerprint density at radius 2 is 2.16 bits per heavy atom. The summed E-state index contributed by atoms with van der Waals surface area (Å²) >= 11 is 6.00. The topological polar surface area (TPSA) is 72.0 Å². The summed E-state index contributed by atoms with van der Waals surface area (Å²) in [6.45, 7) is 0.157. The molecule has 4 nitrogen and oxygen atoms in total. The molecule has 0 saturated carbocycles. The van der Waals surface area contributed by atoms with Gasteiger partial charge in [-0.05, 0) is 24.3 Å². The van der Waals surface area contributed by atoms with Gasteiger partial charge in [0, 0.05) is 17.3 Å². The number of halogens is 2. The zero-order chi connectivity index (χ0) is 13.8. The molecule has 2 aromatic rings. The smallest absolute Gasteiger partial charge is 0.141 e. The summed E-state index contributed by atoms with van der Waals surface area (Å²) in [5.74, 6) is -0.0437. The van der Waals surface area contributed by atoms with E-state index in [2.05, 4.69) is 4.98 Å². The zero-order valence-corrected chi connectivity index (χ0v) is 10.6. The Morgan fingerprint density at radius 3 is 2.79 bits per heavy atom. The third-order valence-electron chi connectivity index (χ3n) is 2.40. The molecule has 0 aliphatic heterocycles. The van der Waals surface area contributed by atoms with E-state index in [9.17, 15) is 4.39 Å². The summed E-state index contributed by atoms with van der Waals surface area (Å²) in [6, 6.07) is 6.13. The van der Waals surface area contributed by atoms with E-state index in [-0.39, 0.29) is 12.4 Å². The van der Waals surface area contributed by atoms with Gasteiger partial charge in [-0.1, -0.05) is 11.6 Å². The van der Waals surface area contributed by atoms with Gasteiger partial charge in [-0.25, -0.2) is 4.39 Å². The van der Waals surface area contributed by atoms with Crippen LogP contribution in [0.1, 0.15) is 11.1 Å². The normalized spacial score (nSPS) is 10.2. The van der Waals surface area contributed by atoms with Crippen LogP contribution in [0.3, 0.4) is 0 Å². The standard InChI is InChI=1S/C13H11ClFN3O/c14-11-4-9(13(16)17)1-2-12(11)19-7-8-3-10(15)6-18-5-8/h1-6H,7H2,(H3,16,17). The van der Waals surface area contributed by atoms with E-state index in [0.717, 1.165) is 6.20 Å². The van der Waals surface area contributed by atoms with Crippen LogP contribution in [-0.4, -0.2) is 10.8 Å². The first kappa shape index (κ1) is 13.3. The average Bonchev–Trinajstić information content (AvgIpc) is 2.37. The molecule has 98 valence electrons. The summed E-state index contributed by atoms with van der Waals surface area (Å²) in [4.78, 5) is 3.72. The number of nitrogen functional groups attached to an aromatic ring is 1. The number of rotatable bonds is 4. The highest BCUT2D eigenvalue weighted by Crippen LogP contribution is 2.26. The SMILES string of the molecule is N=C(N)c1ccc(OCc2cncc(F)c2)c(Cl)c1. The van der Waals surface area contributed by atoms with Gasteiger partial charge >= 0.3 is 0 Å². The first-order valence-corrected chi connectivity index (χ1v) is 5.80. The van der Waals surface area contributed by atoms with E-state index >= 15 is 0 Å². The molecule has 0 unspecified atom stereocenters. The van der Waals surface area contributed by atoms with Gasteiger partial charge in [0.2, 0.25) is 0 Å². The number of nitrogens with one attached hydrogen (secondary N) is 1. The summed E-state index contributed by atoms with van der Waals surface area (Å²) < 4.78 is 18.4. The number of nitrogens with two attached hydrogens (primary N) is 1. The highest BCUT2D eigenvalue weighted by molar-refractivity contribution is 6.32. The largest absolute Gasteiger partial charge is 0.487 e. The maximum Gasteiger partial charge on any atom is 0.141 e. The molecule has 0 atom stereocenters. The van der Waals surface area contributed by atoms with Gasteiger partial charge in [-0.15, -0.1) is 0 Å². The van der Waals surface area contributed by atoms with Crippen molar-refractivity contribution in [1.82, 2.24) is 4.98 Å². The molecule has 0 aliphatic rings.